The lowest BCUT2D eigenvalue weighted by atomic mass is 10.1. The Morgan fingerprint density at radius 2 is 1.77 bits per heavy atom. The van der Waals surface area contributed by atoms with Crippen molar-refractivity contribution in [3.8, 4) is 17.2 Å². The fourth-order valence-electron chi connectivity index (χ4n) is 2.33. The number of carbonyl (C=O) groups is 1. The summed E-state index contributed by atoms with van der Waals surface area (Å²) in [5.74, 6) is 1.50. The molecule has 0 saturated carbocycles. The van der Waals surface area contributed by atoms with E-state index in [0.29, 0.717) is 29.4 Å². The molecule has 0 N–H and O–H groups in total. The van der Waals surface area contributed by atoms with Gasteiger partial charge in [0.15, 0.2) is 17.3 Å². The van der Waals surface area contributed by atoms with E-state index < -0.39 is 0 Å². The highest BCUT2D eigenvalue weighted by molar-refractivity contribution is 5.95. The van der Waals surface area contributed by atoms with Gasteiger partial charge < -0.3 is 18.9 Å². The Bertz CT molecular complexity index is 486. The summed E-state index contributed by atoms with van der Waals surface area (Å²) in [5, 5.41) is 0. The fraction of sp³-hybridized carbons (Fsp3) is 0.562. The van der Waals surface area contributed by atoms with Crippen molar-refractivity contribution < 1.29 is 23.7 Å². The first kappa shape index (κ1) is 16.6. The van der Waals surface area contributed by atoms with Crippen LogP contribution in [0.15, 0.2) is 12.1 Å². The Morgan fingerprint density at radius 1 is 1.18 bits per heavy atom. The van der Waals surface area contributed by atoms with Gasteiger partial charge in [0, 0.05) is 25.2 Å². The summed E-state index contributed by atoms with van der Waals surface area (Å²) in [6.45, 7) is 6.20. The average Bonchev–Trinajstić information content (AvgIpc) is 2.55. The molecular formula is C16H23NO5. The summed E-state index contributed by atoms with van der Waals surface area (Å²) in [5.41, 5.74) is 0.536. The van der Waals surface area contributed by atoms with Crippen molar-refractivity contribution in [1.82, 2.24) is 4.90 Å². The van der Waals surface area contributed by atoms with Crippen LogP contribution in [0.4, 0.5) is 0 Å². The summed E-state index contributed by atoms with van der Waals surface area (Å²) in [4.78, 5) is 13.8. The Kier molecular flexibility index (Phi) is 6.03. The van der Waals surface area contributed by atoms with Crippen molar-refractivity contribution in [3.05, 3.63) is 17.7 Å². The molecule has 0 unspecified atom stereocenters. The molecule has 0 aliphatic carbocycles. The van der Waals surface area contributed by atoms with E-state index in [9.17, 15) is 4.79 Å². The van der Waals surface area contributed by atoms with Gasteiger partial charge in [-0.1, -0.05) is 0 Å². The van der Waals surface area contributed by atoms with Crippen molar-refractivity contribution in [2.24, 2.45) is 0 Å². The maximum atomic E-state index is 11.5. The molecule has 0 aromatic heterocycles. The second-order valence-corrected chi connectivity index (χ2v) is 5.07. The lowest BCUT2D eigenvalue weighted by Gasteiger charge is -2.26. The van der Waals surface area contributed by atoms with E-state index in [2.05, 4.69) is 4.90 Å². The molecule has 22 heavy (non-hydrogen) atoms. The quantitative estimate of drug-likeness (QED) is 0.713. The van der Waals surface area contributed by atoms with E-state index in [0.717, 1.165) is 32.8 Å². The van der Waals surface area contributed by atoms with Gasteiger partial charge in [-0.15, -0.1) is 0 Å². The van der Waals surface area contributed by atoms with Crippen LogP contribution in [0.1, 0.15) is 17.3 Å². The van der Waals surface area contributed by atoms with Crippen LogP contribution in [0, 0.1) is 0 Å². The van der Waals surface area contributed by atoms with Gasteiger partial charge in [-0.2, -0.15) is 0 Å². The highest BCUT2D eigenvalue weighted by atomic mass is 16.5. The number of morpholine rings is 1. The molecule has 1 aliphatic heterocycles. The number of ketones is 1. The predicted octanol–water partition coefficient (Wildman–Crippen LogP) is 1.62. The van der Waals surface area contributed by atoms with E-state index in [1.807, 2.05) is 0 Å². The predicted molar refractivity (Wildman–Crippen MR) is 82.3 cm³/mol. The van der Waals surface area contributed by atoms with Crippen LogP contribution in [-0.2, 0) is 4.74 Å². The smallest absolute Gasteiger partial charge is 0.203 e. The molecule has 1 aliphatic rings. The monoisotopic (exact) mass is 309 g/mol. The topological polar surface area (TPSA) is 57.2 Å². The molecule has 1 aromatic rings. The summed E-state index contributed by atoms with van der Waals surface area (Å²) in [7, 11) is 3.10. The highest BCUT2D eigenvalue weighted by Gasteiger charge is 2.17. The van der Waals surface area contributed by atoms with E-state index >= 15 is 0 Å². The molecule has 0 radical (unpaired) electrons. The third kappa shape index (κ3) is 4.11. The lowest BCUT2D eigenvalue weighted by molar-refractivity contribution is 0.0319. The molecule has 0 atom stereocenters. The highest BCUT2D eigenvalue weighted by Crippen LogP contribution is 2.38. The molecule has 2 rings (SSSR count). The maximum Gasteiger partial charge on any atom is 0.203 e. The Hall–Kier alpha value is -1.79. The summed E-state index contributed by atoms with van der Waals surface area (Å²) in [6.07, 6.45) is 0. The summed E-state index contributed by atoms with van der Waals surface area (Å²) < 4.78 is 21.8. The first-order chi connectivity index (χ1) is 10.7. The number of ether oxygens (including phenoxy) is 4. The van der Waals surface area contributed by atoms with Crippen molar-refractivity contribution in [3.63, 3.8) is 0 Å². The SMILES string of the molecule is COc1cc(C(C)=O)cc(OC)c1OCCN1CCOCC1. The van der Waals surface area contributed by atoms with Crippen LogP contribution in [0.2, 0.25) is 0 Å². The van der Waals surface area contributed by atoms with E-state index in [-0.39, 0.29) is 5.78 Å². The number of nitrogens with zero attached hydrogens (tertiary/aromatic N) is 1. The van der Waals surface area contributed by atoms with Crippen molar-refractivity contribution in [2.45, 2.75) is 6.92 Å². The van der Waals surface area contributed by atoms with Crippen molar-refractivity contribution >= 4 is 5.78 Å². The van der Waals surface area contributed by atoms with E-state index in [1.165, 1.54) is 6.92 Å². The summed E-state index contributed by atoms with van der Waals surface area (Å²) in [6, 6.07) is 3.35. The molecule has 0 bridgehead atoms. The lowest BCUT2D eigenvalue weighted by Crippen LogP contribution is -2.38. The van der Waals surface area contributed by atoms with E-state index in [1.54, 1.807) is 26.4 Å². The molecule has 1 saturated heterocycles. The molecule has 1 fully saturated rings. The minimum absolute atomic E-state index is 0.0449. The Labute approximate surface area is 130 Å². The number of hydrogen-bond acceptors (Lipinski definition) is 6. The van der Waals surface area contributed by atoms with Gasteiger partial charge in [0.25, 0.3) is 0 Å². The molecular weight excluding hydrogens is 286 g/mol. The van der Waals surface area contributed by atoms with Gasteiger partial charge >= 0.3 is 0 Å². The zero-order chi connectivity index (χ0) is 15.9. The van der Waals surface area contributed by atoms with Gasteiger partial charge in [-0.05, 0) is 19.1 Å². The van der Waals surface area contributed by atoms with Gasteiger partial charge in [0.1, 0.15) is 6.61 Å². The van der Waals surface area contributed by atoms with Crippen LogP contribution < -0.4 is 14.2 Å². The van der Waals surface area contributed by atoms with Crippen LogP contribution in [0.3, 0.4) is 0 Å². The molecule has 1 aromatic carbocycles. The van der Waals surface area contributed by atoms with Crippen molar-refractivity contribution in [1.29, 1.82) is 0 Å². The molecule has 0 amide bonds. The molecule has 1 heterocycles. The number of hydrogen-bond donors (Lipinski definition) is 0. The number of Topliss-reactive ketones (excluding diaryl/α,β-unsaturated/α-hetero) is 1. The largest absolute Gasteiger partial charge is 0.493 e. The van der Waals surface area contributed by atoms with Gasteiger partial charge in [-0.3, -0.25) is 9.69 Å². The van der Waals surface area contributed by atoms with Gasteiger partial charge in [0.2, 0.25) is 5.75 Å². The normalized spacial score (nSPS) is 15.4. The number of rotatable bonds is 7. The van der Waals surface area contributed by atoms with Crippen molar-refractivity contribution in [2.75, 3.05) is 53.7 Å². The number of methoxy groups -OCH3 is 2. The van der Waals surface area contributed by atoms with Crippen LogP contribution in [0.25, 0.3) is 0 Å². The third-order valence-electron chi connectivity index (χ3n) is 3.62. The average molecular weight is 309 g/mol. The minimum atomic E-state index is -0.0449. The van der Waals surface area contributed by atoms with E-state index in [4.69, 9.17) is 18.9 Å². The number of carbonyl (C=O) groups excluding carboxylic acids is 1. The molecule has 6 heteroatoms. The summed E-state index contributed by atoms with van der Waals surface area (Å²) >= 11 is 0. The molecule has 0 spiro atoms. The first-order valence-corrected chi connectivity index (χ1v) is 7.35. The zero-order valence-electron chi connectivity index (χ0n) is 13.4. The second kappa shape index (κ2) is 8.00. The third-order valence-corrected chi connectivity index (χ3v) is 3.62. The second-order valence-electron chi connectivity index (χ2n) is 5.07. The Morgan fingerprint density at radius 3 is 2.27 bits per heavy atom. The fourth-order valence-corrected chi connectivity index (χ4v) is 2.33. The van der Waals surface area contributed by atoms with Crippen LogP contribution >= 0.6 is 0 Å². The standard InChI is InChI=1S/C16H23NO5/c1-12(18)13-10-14(19-2)16(15(11-13)20-3)22-9-6-17-4-7-21-8-5-17/h10-11H,4-9H2,1-3H3. The first-order valence-electron chi connectivity index (χ1n) is 7.35. The maximum absolute atomic E-state index is 11.5. The van der Waals surface area contributed by atoms with Gasteiger partial charge in [-0.25, -0.2) is 0 Å². The molecule has 6 nitrogen and oxygen atoms in total. The van der Waals surface area contributed by atoms with Crippen LogP contribution in [-0.4, -0.2) is 64.4 Å². The van der Waals surface area contributed by atoms with Crippen LogP contribution in [0.5, 0.6) is 17.2 Å². The zero-order valence-corrected chi connectivity index (χ0v) is 13.4. The Balaban J connectivity index is 2.06. The number of benzene rings is 1. The molecule has 122 valence electrons. The van der Waals surface area contributed by atoms with Gasteiger partial charge in [0.05, 0.1) is 27.4 Å². The minimum Gasteiger partial charge on any atom is -0.493 e.